The van der Waals surface area contributed by atoms with Crippen LogP contribution in [0.15, 0.2) is 60.7 Å². The van der Waals surface area contributed by atoms with Crippen molar-refractivity contribution in [3.8, 4) is 22.8 Å². The highest BCUT2D eigenvalue weighted by atomic mass is 16.7. The molecule has 34 heavy (non-hydrogen) atoms. The van der Waals surface area contributed by atoms with E-state index in [9.17, 15) is 0 Å². The Hall–Kier alpha value is -3.95. The molecule has 0 spiro atoms. The van der Waals surface area contributed by atoms with Gasteiger partial charge in [-0.15, -0.1) is 0 Å². The molecule has 0 radical (unpaired) electrons. The lowest BCUT2D eigenvalue weighted by molar-refractivity contribution is -0.0440. The van der Waals surface area contributed by atoms with Gasteiger partial charge < -0.3 is 29.6 Å². The van der Waals surface area contributed by atoms with Crippen molar-refractivity contribution in [3.05, 3.63) is 66.2 Å². The summed E-state index contributed by atoms with van der Waals surface area (Å²) in [6.07, 6.45) is -0.607. The number of hydrogen-bond acceptors (Lipinski definition) is 9. The van der Waals surface area contributed by atoms with E-state index in [1.54, 1.807) is 14.2 Å². The minimum Gasteiger partial charge on any atom is -0.493 e. The molecule has 2 N–H and O–H groups in total. The predicted octanol–water partition coefficient (Wildman–Crippen LogP) is 3.63. The van der Waals surface area contributed by atoms with Crippen molar-refractivity contribution in [1.82, 2.24) is 15.0 Å². The molecule has 2 aromatic carbocycles. The Morgan fingerprint density at radius 1 is 0.912 bits per heavy atom. The molecule has 2 aromatic heterocycles. The Morgan fingerprint density at radius 2 is 1.68 bits per heavy atom. The van der Waals surface area contributed by atoms with Crippen molar-refractivity contribution in [2.45, 2.75) is 13.0 Å². The summed E-state index contributed by atoms with van der Waals surface area (Å²) < 4.78 is 22.5. The van der Waals surface area contributed by atoms with Crippen molar-refractivity contribution in [2.75, 3.05) is 38.1 Å². The number of nitrogens with zero attached hydrogens (tertiary/aromatic N) is 4. The van der Waals surface area contributed by atoms with Gasteiger partial charge in [0, 0.05) is 12.1 Å². The third kappa shape index (κ3) is 4.30. The Kier molecular flexibility index (Phi) is 6.11. The lowest BCUT2D eigenvalue weighted by Gasteiger charge is -2.29. The second-order valence-electron chi connectivity index (χ2n) is 7.70. The molecule has 4 aromatic rings. The SMILES string of the molecule is COc1ccc(-c2ccc3nc(N)nc(N(Cc4ccccc4)C4OCCO4)c3n2)cc1OC. The maximum absolute atomic E-state index is 6.08. The standard InChI is InChI=1S/C25H25N5O4/c1-31-20-11-8-17(14-21(20)32-2)18-9-10-19-22(27-18)23(29-24(26)28-19)30(25-33-12-13-34-25)15-16-6-4-3-5-7-16/h3-11,14,25H,12-13,15H2,1-2H3,(H2,26,28,29). The van der Waals surface area contributed by atoms with Gasteiger partial charge in [0.25, 0.3) is 0 Å². The number of methoxy groups -OCH3 is 2. The summed E-state index contributed by atoms with van der Waals surface area (Å²) in [5, 5.41) is 0. The van der Waals surface area contributed by atoms with Gasteiger partial charge in [-0.1, -0.05) is 30.3 Å². The highest BCUT2D eigenvalue weighted by molar-refractivity contribution is 5.88. The molecular weight excluding hydrogens is 434 g/mol. The fraction of sp³-hybridized carbons (Fsp3) is 0.240. The first-order valence-electron chi connectivity index (χ1n) is 10.9. The van der Waals surface area contributed by atoms with Crippen LogP contribution in [0.3, 0.4) is 0 Å². The van der Waals surface area contributed by atoms with Gasteiger partial charge in [-0.05, 0) is 35.9 Å². The van der Waals surface area contributed by atoms with Crippen LogP contribution in [-0.2, 0) is 16.0 Å². The van der Waals surface area contributed by atoms with Crippen LogP contribution in [0.2, 0.25) is 0 Å². The highest BCUT2D eigenvalue weighted by Gasteiger charge is 2.28. The van der Waals surface area contributed by atoms with Crippen molar-refractivity contribution >= 4 is 22.8 Å². The Balaban J connectivity index is 1.63. The normalized spacial score (nSPS) is 13.8. The molecule has 5 rings (SSSR count). The molecule has 0 amide bonds. The van der Waals surface area contributed by atoms with Gasteiger partial charge in [0.15, 0.2) is 17.3 Å². The van der Waals surface area contributed by atoms with Crippen LogP contribution < -0.4 is 20.1 Å². The number of aromatic nitrogens is 3. The van der Waals surface area contributed by atoms with Gasteiger partial charge in [-0.2, -0.15) is 4.98 Å². The van der Waals surface area contributed by atoms with Gasteiger partial charge in [-0.25, -0.2) is 9.97 Å². The lowest BCUT2D eigenvalue weighted by atomic mass is 10.1. The van der Waals surface area contributed by atoms with Crippen molar-refractivity contribution in [3.63, 3.8) is 0 Å². The van der Waals surface area contributed by atoms with Crippen molar-refractivity contribution in [2.24, 2.45) is 0 Å². The Morgan fingerprint density at radius 3 is 2.41 bits per heavy atom. The van der Waals surface area contributed by atoms with Crippen LogP contribution in [0.4, 0.5) is 11.8 Å². The molecule has 0 unspecified atom stereocenters. The summed E-state index contributed by atoms with van der Waals surface area (Å²) in [4.78, 5) is 15.8. The summed E-state index contributed by atoms with van der Waals surface area (Å²) in [6, 6.07) is 19.5. The van der Waals surface area contributed by atoms with Crippen molar-refractivity contribution < 1.29 is 18.9 Å². The van der Waals surface area contributed by atoms with Crippen LogP contribution in [-0.4, -0.2) is 48.8 Å². The fourth-order valence-corrected chi connectivity index (χ4v) is 3.93. The zero-order chi connectivity index (χ0) is 23.5. The first kappa shape index (κ1) is 21.9. The summed E-state index contributed by atoms with van der Waals surface area (Å²) in [6.45, 7) is 1.50. The van der Waals surface area contributed by atoms with Crippen LogP contribution in [0.5, 0.6) is 11.5 Å². The summed E-state index contributed by atoms with van der Waals surface area (Å²) in [5.74, 6) is 1.96. The molecule has 9 heteroatoms. The molecule has 0 aliphatic carbocycles. The first-order chi connectivity index (χ1) is 16.7. The van der Waals surface area contributed by atoms with Gasteiger partial charge in [0.05, 0.1) is 38.6 Å². The van der Waals surface area contributed by atoms with Gasteiger partial charge >= 0.3 is 0 Å². The van der Waals surface area contributed by atoms with Crippen LogP contribution in [0.25, 0.3) is 22.3 Å². The highest BCUT2D eigenvalue weighted by Crippen LogP contribution is 2.34. The van der Waals surface area contributed by atoms with Crippen LogP contribution in [0.1, 0.15) is 5.56 Å². The average molecular weight is 460 g/mol. The van der Waals surface area contributed by atoms with E-state index in [-0.39, 0.29) is 5.95 Å². The van der Waals surface area contributed by atoms with E-state index in [1.165, 1.54) is 0 Å². The molecule has 9 nitrogen and oxygen atoms in total. The first-order valence-corrected chi connectivity index (χ1v) is 10.9. The number of hydrogen-bond donors (Lipinski definition) is 1. The second kappa shape index (κ2) is 9.50. The molecule has 1 fully saturated rings. The monoisotopic (exact) mass is 459 g/mol. The number of rotatable bonds is 7. The molecule has 1 saturated heterocycles. The van der Waals surface area contributed by atoms with E-state index in [0.29, 0.717) is 48.1 Å². The lowest BCUT2D eigenvalue weighted by Crippen LogP contribution is -2.36. The van der Waals surface area contributed by atoms with Gasteiger partial charge in [0.2, 0.25) is 12.4 Å². The molecule has 0 saturated carbocycles. The molecule has 174 valence electrons. The maximum atomic E-state index is 6.08. The minimum atomic E-state index is -0.607. The number of nitrogens with two attached hydrogens (primary N) is 1. The minimum absolute atomic E-state index is 0.152. The van der Waals surface area contributed by atoms with Crippen molar-refractivity contribution in [1.29, 1.82) is 0 Å². The number of nitrogen functional groups attached to an aromatic ring is 1. The third-order valence-electron chi connectivity index (χ3n) is 5.55. The molecular formula is C25H25N5O4. The Labute approximate surface area is 197 Å². The maximum Gasteiger partial charge on any atom is 0.242 e. The largest absolute Gasteiger partial charge is 0.493 e. The topological polar surface area (TPSA) is 105 Å². The van der Waals surface area contributed by atoms with E-state index in [1.807, 2.05) is 65.6 Å². The van der Waals surface area contributed by atoms with E-state index in [2.05, 4.69) is 9.97 Å². The molecule has 1 aliphatic rings. The third-order valence-corrected chi connectivity index (χ3v) is 5.55. The average Bonchev–Trinajstić information content (AvgIpc) is 3.41. The Bertz CT molecular complexity index is 1300. The predicted molar refractivity (Wildman–Crippen MR) is 129 cm³/mol. The fourth-order valence-electron chi connectivity index (χ4n) is 3.93. The number of ether oxygens (including phenoxy) is 4. The quantitative estimate of drug-likeness (QED) is 0.443. The molecule has 0 bridgehead atoms. The van der Waals surface area contributed by atoms with Crippen LogP contribution >= 0.6 is 0 Å². The van der Waals surface area contributed by atoms with E-state index in [4.69, 9.17) is 29.7 Å². The zero-order valence-corrected chi connectivity index (χ0v) is 19.0. The van der Waals surface area contributed by atoms with Crippen LogP contribution in [0, 0.1) is 0 Å². The molecule has 3 heterocycles. The van der Waals surface area contributed by atoms with Gasteiger partial charge in [0.1, 0.15) is 5.52 Å². The molecule has 0 atom stereocenters. The number of fused-ring (bicyclic) bond motifs is 1. The smallest absolute Gasteiger partial charge is 0.242 e. The second-order valence-corrected chi connectivity index (χ2v) is 7.70. The number of pyridine rings is 1. The molecule has 1 aliphatic heterocycles. The zero-order valence-electron chi connectivity index (χ0n) is 19.0. The van der Waals surface area contributed by atoms with Gasteiger partial charge in [-0.3, -0.25) is 0 Å². The number of benzene rings is 2. The van der Waals surface area contributed by atoms with E-state index >= 15 is 0 Å². The van der Waals surface area contributed by atoms with E-state index < -0.39 is 6.41 Å². The summed E-state index contributed by atoms with van der Waals surface area (Å²) >= 11 is 0. The van der Waals surface area contributed by atoms with E-state index in [0.717, 1.165) is 16.8 Å². The number of anilines is 2. The summed E-state index contributed by atoms with van der Waals surface area (Å²) in [7, 11) is 3.21. The summed E-state index contributed by atoms with van der Waals surface area (Å²) in [5.41, 5.74) is 9.98.